The maximum absolute atomic E-state index is 10.9. The number of rotatable bonds is 12. The number of non-ortho nitro benzene ring substituents is 1. The molecule has 9 nitrogen and oxygen atoms in total. The SMILES string of the molecule is COc1ccc(NC(=S)NCCOCCN(C)Cc2cccc([N+](=O)[O-])c2)cc1OC. The molecule has 2 N–H and O–H groups in total. The lowest BCUT2D eigenvalue weighted by molar-refractivity contribution is -0.384. The van der Waals surface area contributed by atoms with E-state index in [1.807, 2.05) is 19.2 Å². The fourth-order valence-electron chi connectivity index (χ4n) is 2.81. The van der Waals surface area contributed by atoms with Crippen LogP contribution in [0.15, 0.2) is 42.5 Å². The fourth-order valence-corrected chi connectivity index (χ4v) is 3.03. The summed E-state index contributed by atoms with van der Waals surface area (Å²) < 4.78 is 16.1. The molecule has 168 valence electrons. The highest BCUT2D eigenvalue weighted by Crippen LogP contribution is 2.29. The van der Waals surface area contributed by atoms with Crippen molar-refractivity contribution in [2.45, 2.75) is 6.54 Å². The summed E-state index contributed by atoms with van der Waals surface area (Å²) in [5.74, 6) is 1.27. The van der Waals surface area contributed by atoms with Gasteiger partial charge in [-0.25, -0.2) is 0 Å². The summed E-state index contributed by atoms with van der Waals surface area (Å²) in [7, 11) is 5.11. The van der Waals surface area contributed by atoms with Crippen LogP contribution in [0.25, 0.3) is 0 Å². The van der Waals surface area contributed by atoms with Crippen molar-refractivity contribution in [1.29, 1.82) is 0 Å². The molecule has 0 radical (unpaired) electrons. The van der Waals surface area contributed by atoms with E-state index in [9.17, 15) is 10.1 Å². The van der Waals surface area contributed by atoms with Crippen LogP contribution < -0.4 is 20.1 Å². The smallest absolute Gasteiger partial charge is 0.269 e. The van der Waals surface area contributed by atoms with Crippen LogP contribution in [0.1, 0.15) is 5.56 Å². The molecule has 0 aliphatic carbocycles. The highest BCUT2D eigenvalue weighted by atomic mass is 32.1. The first-order valence-corrected chi connectivity index (χ1v) is 10.1. The van der Waals surface area contributed by atoms with Gasteiger partial charge >= 0.3 is 0 Å². The molecule has 0 bridgehead atoms. The zero-order valence-corrected chi connectivity index (χ0v) is 18.7. The second kappa shape index (κ2) is 12.7. The molecular formula is C21H28N4O5S. The van der Waals surface area contributed by atoms with E-state index in [1.54, 1.807) is 38.5 Å². The number of methoxy groups -OCH3 is 2. The first kappa shape index (κ1) is 24.3. The molecule has 2 aromatic carbocycles. The Labute approximate surface area is 187 Å². The fraction of sp³-hybridized carbons (Fsp3) is 0.381. The second-order valence-corrected chi connectivity index (χ2v) is 7.14. The Morgan fingerprint density at radius 1 is 1.13 bits per heavy atom. The molecule has 2 aromatic rings. The highest BCUT2D eigenvalue weighted by Gasteiger charge is 2.08. The van der Waals surface area contributed by atoms with Crippen LogP contribution in [0.4, 0.5) is 11.4 Å². The van der Waals surface area contributed by atoms with Crippen LogP contribution in [-0.2, 0) is 11.3 Å². The van der Waals surface area contributed by atoms with Gasteiger partial charge in [-0.15, -0.1) is 0 Å². The third-order valence-electron chi connectivity index (χ3n) is 4.36. The number of benzene rings is 2. The van der Waals surface area contributed by atoms with Gasteiger partial charge in [-0.3, -0.25) is 15.0 Å². The Hall–Kier alpha value is -2.95. The lowest BCUT2D eigenvalue weighted by Crippen LogP contribution is -2.32. The van der Waals surface area contributed by atoms with E-state index in [1.165, 1.54) is 6.07 Å². The molecule has 10 heteroatoms. The number of nitro benzene ring substituents is 1. The number of hydrogen-bond acceptors (Lipinski definition) is 7. The maximum Gasteiger partial charge on any atom is 0.269 e. The van der Waals surface area contributed by atoms with E-state index in [4.69, 9.17) is 26.4 Å². The Morgan fingerprint density at radius 2 is 1.90 bits per heavy atom. The summed E-state index contributed by atoms with van der Waals surface area (Å²) in [6.45, 7) is 2.93. The van der Waals surface area contributed by atoms with Crippen molar-refractivity contribution in [3.63, 3.8) is 0 Å². The Bertz CT molecular complexity index is 881. The standard InChI is InChI=1S/C21H28N4O5S/c1-24(15-16-5-4-6-18(13-16)25(26)27)10-12-30-11-9-22-21(31)23-17-7-8-19(28-2)20(14-17)29-3/h4-8,13-14H,9-12,15H2,1-3H3,(H2,22,23,31). The van der Waals surface area contributed by atoms with Crippen molar-refractivity contribution < 1.29 is 19.1 Å². The Morgan fingerprint density at radius 3 is 2.61 bits per heavy atom. The summed E-state index contributed by atoms with van der Waals surface area (Å²) in [6, 6.07) is 12.1. The second-order valence-electron chi connectivity index (χ2n) is 6.73. The molecule has 0 spiro atoms. The Balaban J connectivity index is 1.62. The predicted octanol–water partition coefficient (Wildman–Crippen LogP) is 3.05. The molecule has 0 fully saturated rings. The van der Waals surface area contributed by atoms with Crippen molar-refractivity contribution in [3.8, 4) is 11.5 Å². The number of hydrogen-bond donors (Lipinski definition) is 2. The van der Waals surface area contributed by atoms with E-state index in [0.29, 0.717) is 49.5 Å². The predicted molar refractivity (Wildman–Crippen MR) is 124 cm³/mol. The normalized spacial score (nSPS) is 10.6. The molecule has 0 aliphatic heterocycles. The van der Waals surface area contributed by atoms with Gasteiger partial charge in [-0.2, -0.15) is 0 Å². The zero-order valence-electron chi connectivity index (χ0n) is 17.9. The van der Waals surface area contributed by atoms with Crippen LogP contribution >= 0.6 is 12.2 Å². The quantitative estimate of drug-likeness (QED) is 0.220. The zero-order chi connectivity index (χ0) is 22.6. The van der Waals surface area contributed by atoms with E-state index in [0.717, 1.165) is 11.3 Å². The average Bonchev–Trinajstić information content (AvgIpc) is 2.76. The number of nitro groups is 1. The van der Waals surface area contributed by atoms with Crippen molar-refractivity contribution >= 4 is 28.7 Å². The monoisotopic (exact) mass is 448 g/mol. The molecule has 31 heavy (non-hydrogen) atoms. The molecule has 0 amide bonds. The largest absolute Gasteiger partial charge is 0.493 e. The van der Waals surface area contributed by atoms with Gasteiger partial charge in [0.25, 0.3) is 5.69 Å². The number of ether oxygens (including phenoxy) is 3. The first-order chi connectivity index (χ1) is 14.9. The van der Waals surface area contributed by atoms with E-state index < -0.39 is 0 Å². The maximum atomic E-state index is 10.9. The molecule has 2 rings (SSSR count). The minimum Gasteiger partial charge on any atom is -0.493 e. The van der Waals surface area contributed by atoms with Gasteiger partial charge in [0, 0.05) is 43.5 Å². The van der Waals surface area contributed by atoms with Gasteiger partial charge in [0.15, 0.2) is 16.6 Å². The lowest BCUT2D eigenvalue weighted by atomic mass is 10.2. The molecular weight excluding hydrogens is 420 g/mol. The molecule has 0 saturated heterocycles. The molecule has 0 unspecified atom stereocenters. The number of anilines is 1. The van der Waals surface area contributed by atoms with Gasteiger partial charge in [0.1, 0.15) is 0 Å². The number of nitrogens with zero attached hydrogens (tertiary/aromatic N) is 2. The molecule has 0 saturated carbocycles. The Kier molecular flexibility index (Phi) is 9.95. The van der Waals surface area contributed by atoms with Crippen molar-refractivity contribution in [2.24, 2.45) is 0 Å². The van der Waals surface area contributed by atoms with Gasteiger partial charge in [-0.05, 0) is 37.0 Å². The third kappa shape index (κ3) is 8.36. The topological polar surface area (TPSA) is 98.1 Å². The van der Waals surface area contributed by atoms with Crippen LogP contribution in [0.3, 0.4) is 0 Å². The van der Waals surface area contributed by atoms with Crippen LogP contribution in [0.5, 0.6) is 11.5 Å². The van der Waals surface area contributed by atoms with Crippen molar-refractivity contribution in [2.75, 3.05) is 52.9 Å². The van der Waals surface area contributed by atoms with Gasteiger partial charge in [0.2, 0.25) is 0 Å². The van der Waals surface area contributed by atoms with E-state index in [2.05, 4.69) is 15.5 Å². The molecule has 0 aromatic heterocycles. The number of thiocarbonyl (C=S) groups is 1. The summed E-state index contributed by atoms with van der Waals surface area (Å²) in [4.78, 5) is 12.5. The van der Waals surface area contributed by atoms with E-state index >= 15 is 0 Å². The summed E-state index contributed by atoms with van der Waals surface area (Å²) >= 11 is 5.29. The van der Waals surface area contributed by atoms with Crippen LogP contribution in [0, 0.1) is 10.1 Å². The van der Waals surface area contributed by atoms with Crippen LogP contribution in [-0.4, -0.2) is 62.5 Å². The molecule has 0 aliphatic rings. The summed E-state index contributed by atoms with van der Waals surface area (Å²) in [6.07, 6.45) is 0. The number of nitrogens with one attached hydrogen (secondary N) is 2. The van der Waals surface area contributed by atoms with Crippen LogP contribution in [0.2, 0.25) is 0 Å². The summed E-state index contributed by atoms with van der Waals surface area (Å²) in [5.41, 5.74) is 1.79. The van der Waals surface area contributed by atoms with E-state index in [-0.39, 0.29) is 10.6 Å². The van der Waals surface area contributed by atoms with Gasteiger partial charge in [0.05, 0.1) is 32.4 Å². The summed E-state index contributed by atoms with van der Waals surface area (Å²) in [5, 5.41) is 17.5. The van der Waals surface area contributed by atoms with Crippen molar-refractivity contribution in [3.05, 3.63) is 58.1 Å². The molecule has 0 atom stereocenters. The number of likely N-dealkylation sites (N-methyl/N-ethyl adjacent to an activating group) is 1. The third-order valence-corrected chi connectivity index (χ3v) is 4.61. The van der Waals surface area contributed by atoms with Gasteiger partial charge in [-0.1, -0.05) is 12.1 Å². The van der Waals surface area contributed by atoms with Gasteiger partial charge < -0.3 is 24.8 Å². The minimum atomic E-state index is -0.385. The lowest BCUT2D eigenvalue weighted by Gasteiger charge is -2.17. The average molecular weight is 449 g/mol. The highest BCUT2D eigenvalue weighted by molar-refractivity contribution is 7.80. The first-order valence-electron chi connectivity index (χ1n) is 9.69. The minimum absolute atomic E-state index is 0.103. The molecule has 0 heterocycles. The van der Waals surface area contributed by atoms with Crippen molar-refractivity contribution in [1.82, 2.24) is 10.2 Å².